The van der Waals surface area contributed by atoms with Crippen LogP contribution in [0.25, 0.3) is 5.69 Å². The number of nitrogens with one attached hydrogen (secondary N) is 1. The van der Waals surface area contributed by atoms with Gasteiger partial charge < -0.3 is 5.32 Å². The Bertz CT molecular complexity index is 1020. The fourth-order valence-electron chi connectivity index (χ4n) is 4.18. The largest absolute Gasteiger partial charge is 0.345 e. The van der Waals surface area contributed by atoms with E-state index in [9.17, 15) is 4.79 Å². The molecule has 1 aromatic heterocycles. The average molecular weight is 438 g/mol. The summed E-state index contributed by atoms with van der Waals surface area (Å²) in [5, 5.41) is 8.10. The first kappa shape index (κ1) is 18.9. The highest BCUT2D eigenvalue weighted by Gasteiger charge is 2.37. The number of carbonyl (C=O) groups excluding carboxylic acids is 1. The summed E-state index contributed by atoms with van der Waals surface area (Å²) in [5.41, 5.74) is 5.10. The molecule has 1 aliphatic carbocycles. The monoisotopic (exact) mass is 437 g/mol. The van der Waals surface area contributed by atoms with Crippen LogP contribution >= 0.6 is 15.9 Å². The molecule has 1 aliphatic rings. The number of rotatable bonds is 3. The van der Waals surface area contributed by atoms with Crippen LogP contribution in [0.15, 0.2) is 59.1 Å². The lowest BCUT2D eigenvalue weighted by Crippen LogP contribution is -2.37. The first-order valence-corrected chi connectivity index (χ1v) is 10.3. The Balaban J connectivity index is 1.74. The van der Waals surface area contributed by atoms with E-state index >= 15 is 0 Å². The Kier molecular flexibility index (Phi) is 4.88. The first-order valence-electron chi connectivity index (χ1n) is 9.55. The lowest BCUT2D eigenvalue weighted by Gasteiger charge is -2.36. The van der Waals surface area contributed by atoms with Gasteiger partial charge in [0.15, 0.2) is 0 Å². The van der Waals surface area contributed by atoms with Crippen LogP contribution in [0.1, 0.15) is 53.6 Å². The van der Waals surface area contributed by atoms with Gasteiger partial charge in [-0.25, -0.2) is 4.68 Å². The van der Waals surface area contributed by atoms with Crippen LogP contribution < -0.4 is 5.32 Å². The highest BCUT2D eigenvalue weighted by Crippen LogP contribution is 2.43. The topological polar surface area (TPSA) is 46.9 Å². The molecule has 3 aromatic rings. The quantitative estimate of drug-likeness (QED) is 0.596. The molecule has 0 aliphatic heterocycles. The summed E-state index contributed by atoms with van der Waals surface area (Å²) >= 11 is 3.49. The summed E-state index contributed by atoms with van der Waals surface area (Å²) < 4.78 is 2.85. The van der Waals surface area contributed by atoms with E-state index in [1.54, 1.807) is 0 Å². The summed E-state index contributed by atoms with van der Waals surface area (Å²) in [5.74, 6) is -0.0620. The van der Waals surface area contributed by atoms with E-state index in [4.69, 9.17) is 5.10 Å². The highest BCUT2D eigenvalue weighted by atomic mass is 79.9. The number of benzene rings is 2. The Morgan fingerprint density at radius 3 is 2.54 bits per heavy atom. The lowest BCUT2D eigenvalue weighted by molar-refractivity contribution is 0.0918. The molecular weight excluding hydrogens is 414 g/mol. The molecule has 0 saturated heterocycles. The lowest BCUT2D eigenvalue weighted by atomic mass is 9.73. The van der Waals surface area contributed by atoms with E-state index in [-0.39, 0.29) is 17.4 Å². The number of para-hydroxylation sites is 1. The predicted molar refractivity (Wildman–Crippen MR) is 115 cm³/mol. The van der Waals surface area contributed by atoms with Crippen molar-refractivity contribution in [1.29, 1.82) is 0 Å². The molecule has 1 amide bonds. The molecule has 0 spiro atoms. The normalized spacial score (nSPS) is 17.8. The van der Waals surface area contributed by atoms with Gasteiger partial charge in [0.1, 0.15) is 0 Å². The summed E-state index contributed by atoms with van der Waals surface area (Å²) in [6.07, 6.45) is 1.82. The number of hydrogen-bond acceptors (Lipinski definition) is 2. The molecule has 144 valence electrons. The van der Waals surface area contributed by atoms with Crippen molar-refractivity contribution < 1.29 is 4.79 Å². The van der Waals surface area contributed by atoms with Crippen molar-refractivity contribution in [3.8, 4) is 5.69 Å². The maximum absolute atomic E-state index is 13.0. The third kappa shape index (κ3) is 3.51. The van der Waals surface area contributed by atoms with Gasteiger partial charge in [-0.1, -0.05) is 44.2 Å². The second kappa shape index (κ2) is 7.21. The van der Waals surface area contributed by atoms with Crippen molar-refractivity contribution in [1.82, 2.24) is 15.1 Å². The number of hydrogen-bond donors (Lipinski definition) is 1. The van der Waals surface area contributed by atoms with Crippen LogP contribution in [0.3, 0.4) is 0 Å². The molecule has 0 saturated carbocycles. The fourth-order valence-corrected chi connectivity index (χ4v) is 4.64. The van der Waals surface area contributed by atoms with Gasteiger partial charge in [0.05, 0.1) is 28.7 Å². The maximum Gasteiger partial charge on any atom is 0.252 e. The number of nitrogens with zero attached hydrogens (tertiary/aromatic N) is 2. The maximum atomic E-state index is 13.0. The number of carbonyl (C=O) groups is 1. The number of aromatic nitrogens is 2. The number of amides is 1. The van der Waals surface area contributed by atoms with E-state index in [0.29, 0.717) is 5.56 Å². The minimum Gasteiger partial charge on any atom is -0.345 e. The van der Waals surface area contributed by atoms with Gasteiger partial charge in [0.25, 0.3) is 5.91 Å². The van der Waals surface area contributed by atoms with Gasteiger partial charge in [-0.15, -0.1) is 0 Å². The van der Waals surface area contributed by atoms with Crippen LogP contribution in [0.2, 0.25) is 0 Å². The molecule has 1 heterocycles. The standard InChI is InChI=1S/C23H24BrN3O/c1-15-21-19(25-22(28)17-11-7-8-12-18(17)24)13-23(2,3)14-20(21)27(26-15)16-9-5-4-6-10-16/h4-12,19H,13-14H2,1-3H3,(H,25,28). The van der Waals surface area contributed by atoms with Crippen LogP contribution in [-0.4, -0.2) is 15.7 Å². The average Bonchev–Trinajstić information content (AvgIpc) is 2.98. The van der Waals surface area contributed by atoms with Crippen molar-refractivity contribution in [3.63, 3.8) is 0 Å². The van der Waals surface area contributed by atoms with Crippen LogP contribution in [-0.2, 0) is 6.42 Å². The van der Waals surface area contributed by atoms with Gasteiger partial charge in [0.2, 0.25) is 0 Å². The van der Waals surface area contributed by atoms with Crippen LogP contribution in [0.4, 0.5) is 0 Å². The Morgan fingerprint density at radius 2 is 1.82 bits per heavy atom. The van der Waals surface area contributed by atoms with Crippen molar-refractivity contribution in [3.05, 3.63) is 81.6 Å². The number of fused-ring (bicyclic) bond motifs is 1. The van der Waals surface area contributed by atoms with Crippen molar-refractivity contribution in [2.75, 3.05) is 0 Å². The summed E-state index contributed by atoms with van der Waals surface area (Å²) in [7, 11) is 0. The smallest absolute Gasteiger partial charge is 0.252 e. The van der Waals surface area contributed by atoms with Gasteiger partial charge in [-0.3, -0.25) is 4.79 Å². The van der Waals surface area contributed by atoms with E-state index in [0.717, 1.165) is 34.3 Å². The van der Waals surface area contributed by atoms with Crippen molar-refractivity contribution in [2.24, 2.45) is 5.41 Å². The van der Waals surface area contributed by atoms with Crippen LogP contribution in [0, 0.1) is 12.3 Å². The summed E-state index contributed by atoms with van der Waals surface area (Å²) in [6, 6.07) is 17.7. The Morgan fingerprint density at radius 1 is 1.14 bits per heavy atom. The molecule has 2 aromatic carbocycles. The molecule has 5 heteroatoms. The number of aryl methyl sites for hydroxylation is 1. The van der Waals surface area contributed by atoms with E-state index in [2.05, 4.69) is 47.2 Å². The molecule has 1 atom stereocenters. The third-order valence-corrected chi connectivity index (χ3v) is 6.07. The first-order chi connectivity index (χ1) is 13.4. The zero-order valence-electron chi connectivity index (χ0n) is 16.4. The van der Waals surface area contributed by atoms with Gasteiger partial charge >= 0.3 is 0 Å². The molecule has 28 heavy (non-hydrogen) atoms. The Hall–Kier alpha value is -2.40. The molecule has 0 bridgehead atoms. The van der Waals surface area contributed by atoms with Crippen molar-refractivity contribution >= 4 is 21.8 Å². The van der Waals surface area contributed by atoms with Gasteiger partial charge in [-0.05, 0) is 65.4 Å². The van der Waals surface area contributed by atoms with E-state index in [1.165, 1.54) is 5.69 Å². The molecule has 0 radical (unpaired) electrons. The second-order valence-electron chi connectivity index (χ2n) is 8.24. The molecule has 1 N–H and O–H groups in total. The van der Waals surface area contributed by atoms with Crippen molar-refractivity contribution in [2.45, 2.75) is 39.7 Å². The zero-order chi connectivity index (χ0) is 19.9. The molecule has 1 unspecified atom stereocenters. The molecule has 4 nitrogen and oxygen atoms in total. The summed E-state index contributed by atoms with van der Waals surface area (Å²) in [6.45, 7) is 6.55. The van der Waals surface area contributed by atoms with E-state index in [1.807, 2.05) is 54.1 Å². The summed E-state index contributed by atoms with van der Waals surface area (Å²) in [4.78, 5) is 13.0. The Labute approximate surface area is 174 Å². The third-order valence-electron chi connectivity index (χ3n) is 5.38. The predicted octanol–water partition coefficient (Wildman–Crippen LogP) is 5.39. The molecular formula is C23H24BrN3O. The van der Waals surface area contributed by atoms with Gasteiger partial charge in [0, 0.05) is 10.0 Å². The SMILES string of the molecule is Cc1nn(-c2ccccc2)c2c1C(NC(=O)c1ccccc1Br)CC(C)(C)C2. The molecule has 0 fully saturated rings. The number of halogens is 1. The van der Waals surface area contributed by atoms with Gasteiger partial charge in [-0.2, -0.15) is 5.10 Å². The highest BCUT2D eigenvalue weighted by molar-refractivity contribution is 9.10. The molecule has 4 rings (SSSR count). The van der Waals surface area contributed by atoms with Crippen LogP contribution in [0.5, 0.6) is 0 Å². The second-order valence-corrected chi connectivity index (χ2v) is 9.10. The minimum atomic E-state index is -0.0620. The zero-order valence-corrected chi connectivity index (χ0v) is 18.0. The fraction of sp³-hybridized carbons (Fsp3) is 0.304. The van der Waals surface area contributed by atoms with E-state index < -0.39 is 0 Å². The minimum absolute atomic E-state index is 0.0594.